The van der Waals surface area contributed by atoms with Gasteiger partial charge in [0.1, 0.15) is 6.61 Å². The fourth-order valence-corrected chi connectivity index (χ4v) is 1.86. The van der Waals surface area contributed by atoms with Crippen LogP contribution in [0.4, 0.5) is 10.1 Å². The summed E-state index contributed by atoms with van der Waals surface area (Å²) in [4.78, 5) is 15.8. The molecule has 0 saturated carbocycles. The van der Waals surface area contributed by atoms with Gasteiger partial charge >= 0.3 is 0 Å². The summed E-state index contributed by atoms with van der Waals surface area (Å²) in [6.07, 6.45) is -0.0256. The van der Waals surface area contributed by atoms with Crippen LogP contribution < -0.4 is 10.1 Å². The maximum absolute atomic E-state index is 14.0. The summed E-state index contributed by atoms with van der Waals surface area (Å²) >= 11 is 0. The highest BCUT2D eigenvalue weighted by molar-refractivity contribution is 5.94. The molecule has 0 saturated heterocycles. The third-order valence-electron chi connectivity index (χ3n) is 3.22. The molecule has 128 valence electrons. The van der Waals surface area contributed by atoms with Crippen LogP contribution in [0.25, 0.3) is 0 Å². The number of aliphatic hydroxyl groups is 2. The Bertz CT molecular complexity index is 701. The van der Waals surface area contributed by atoms with E-state index in [-0.39, 0.29) is 18.0 Å². The summed E-state index contributed by atoms with van der Waals surface area (Å²) in [5, 5.41) is 21.6. The summed E-state index contributed by atoms with van der Waals surface area (Å²) in [6.45, 7) is 2.71. The molecule has 2 aromatic rings. The lowest BCUT2D eigenvalue weighted by Crippen LogP contribution is -2.44. The van der Waals surface area contributed by atoms with Crippen molar-refractivity contribution in [2.45, 2.75) is 32.2 Å². The maximum atomic E-state index is 14.0. The minimum Gasteiger partial charge on any atom is -0.484 e. The molecule has 1 aromatic carbocycles. The molecule has 7 heteroatoms. The lowest BCUT2D eigenvalue weighted by atomic mass is 10.0. The molecule has 0 spiro atoms. The lowest BCUT2D eigenvalue weighted by molar-refractivity contribution is -0.136. The average Bonchev–Trinajstić information content (AvgIpc) is 2.53. The van der Waals surface area contributed by atoms with Crippen LogP contribution in [0.15, 0.2) is 42.6 Å². The Morgan fingerprint density at radius 3 is 2.71 bits per heavy atom. The highest BCUT2D eigenvalue weighted by atomic mass is 19.1. The van der Waals surface area contributed by atoms with Gasteiger partial charge in [0.15, 0.2) is 17.7 Å². The van der Waals surface area contributed by atoms with E-state index in [9.17, 15) is 19.4 Å². The number of nitrogens with zero attached hydrogens (tertiary/aromatic N) is 1. The number of halogens is 1. The fraction of sp³-hybridized carbons (Fsp3) is 0.294. The van der Waals surface area contributed by atoms with Crippen LogP contribution in [0.1, 0.15) is 19.5 Å². The molecule has 1 atom stereocenters. The summed E-state index contributed by atoms with van der Waals surface area (Å²) in [5.41, 5.74) is -0.803. The number of carbonyl (C=O) groups is 1. The smallest absolute Gasteiger partial charge is 0.256 e. The first kappa shape index (κ1) is 17.8. The van der Waals surface area contributed by atoms with E-state index < -0.39 is 23.4 Å². The summed E-state index contributed by atoms with van der Waals surface area (Å²) in [5.74, 6) is -1.48. The number of amides is 1. The molecule has 3 N–H and O–H groups in total. The van der Waals surface area contributed by atoms with Crippen LogP contribution in [0.3, 0.4) is 0 Å². The Labute approximate surface area is 138 Å². The number of rotatable bonds is 6. The standard InChI is InChI=1S/C17H19FN2O4/c1-17(2,23)15(21)16(22)20-11-6-7-14(13(18)9-11)24-10-12-5-3-4-8-19-12/h3-9,15,21,23H,10H2,1-2H3,(H,20,22). The second kappa shape index (κ2) is 7.37. The molecule has 0 fully saturated rings. The van der Waals surface area contributed by atoms with Gasteiger partial charge in [0.2, 0.25) is 0 Å². The van der Waals surface area contributed by atoms with Gasteiger partial charge < -0.3 is 20.3 Å². The van der Waals surface area contributed by atoms with Crippen molar-refractivity contribution in [3.05, 3.63) is 54.1 Å². The quantitative estimate of drug-likeness (QED) is 0.750. The number of hydrogen-bond donors (Lipinski definition) is 3. The maximum Gasteiger partial charge on any atom is 0.256 e. The Kier molecular flexibility index (Phi) is 5.48. The number of aliphatic hydroxyl groups excluding tert-OH is 1. The highest BCUT2D eigenvalue weighted by Crippen LogP contribution is 2.22. The second-order valence-corrected chi connectivity index (χ2v) is 5.80. The van der Waals surface area contributed by atoms with E-state index in [0.717, 1.165) is 6.07 Å². The number of pyridine rings is 1. The van der Waals surface area contributed by atoms with Crippen molar-refractivity contribution in [2.75, 3.05) is 5.32 Å². The number of ether oxygens (including phenoxy) is 1. The normalized spacial score (nSPS) is 12.5. The monoisotopic (exact) mass is 334 g/mol. The van der Waals surface area contributed by atoms with Gasteiger partial charge in [-0.2, -0.15) is 0 Å². The van der Waals surface area contributed by atoms with E-state index >= 15 is 0 Å². The average molecular weight is 334 g/mol. The van der Waals surface area contributed by atoms with Crippen LogP contribution in [0.2, 0.25) is 0 Å². The molecule has 0 bridgehead atoms. The molecule has 24 heavy (non-hydrogen) atoms. The van der Waals surface area contributed by atoms with Gasteiger partial charge in [0.25, 0.3) is 5.91 Å². The predicted octanol–water partition coefficient (Wildman–Crippen LogP) is 1.87. The molecule has 6 nitrogen and oxygen atoms in total. The summed E-state index contributed by atoms with van der Waals surface area (Å²) in [6, 6.07) is 9.20. The fourth-order valence-electron chi connectivity index (χ4n) is 1.86. The molecule has 0 aliphatic rings. The van der Waals surface area contributed by atoms with E-state index in [4.69, 9.17) is 4.74 Å². The molecular weight excluding hydrogens is 315 g/mol. The van der Waals surface area contributed by atoms with E-state index in [1.165, 1.54) is 26.0 Å². The summed E-state index contributed by atoms with van der Waals surface area (Å²) in [7, 11) is 0. The number of benzene rings is 1. The van der Waals surface area contributed by atoms with E-state index in [0.29, 0.717) is 5.69 Å². The van der Waals surface area contributed by atoms with Crippen molar-refractivity contribution < 1.29 is 24.1 Å². The first-order valence-corrected chi connectivity index (χ1v) is 7.31. The van der Waals surface area contributed by atoms with Crippen LogP contribution in [0, 0.1) is 5.82 Å². The van der Waals surface area contributed by atoms with Gasteiger partial charge in [-0.15, -0.1) is 0 Å². The SMILES string of the molecule is CC(C)(O)C(O)C(=O)Nc1ccc(OCc2ccccn2)c(F)c1. The minimum absolute atomic E-state index is 0.0155. The molecule has 2 rings (SSSR count). The van der Waals surface area contributed by atoms with Crippen molar-refractivity contribution >= 4 is 11.6 Å². The van der Waals surface area contributed by atoms with Crippen molar-refractivity contribution in [3.63, 3.8) is 0 Å². The van der Waals surface area contributed by atoms with Crippen molar-refractivity contribution in [2.24, 2.45) is 0 Å². The molecule has 0 aliphatic heterocycles. The molecule has 1 aromatic heterocycles. The van der Waals surface area contributed by atoms with Gasteiger partial charge in [-0.1, -0.05) is 6.07 Å². The van der Waals surface area contributed by atoms with Gasteiger partial charge in [0.05, 0.1) is 11.3 Å². The van der Waals surface area contributed by atoms with E-state index in [1.807, 2.05) is 0 Å². The zero-order valence-corrected chi connectivity index (χ0v) is 13.4. The molecule has 1 amide bonds. The molecule has 1 unspecified atom stereocenters. The Balaban J connectivity index is 2.00. The van der Waals surface area contributed by atoms with Gasteiger partial charge in [0, 0.05) is 18.0 Å². The van der Waals surface area contributed by atoms with E-state index in [2.05, 4.69) is 10.3 Å². The number of nitrogens with one attached hydrogen (secondary N) is 1. The zero-order valence-electron chi connectivity index (χ0n) is 13.4. The minimum atomic E-state index is -1.64. The van der Waals surface area contributed by atoms with Crippen LogP contribution in [-0.4, -0.2) is 32.8 Å². The number of anilines is 1. The van der Waals surface area contributed by atoms with Crippen molar-refractivity contribution in [3.8, 4) is 5.75 Å². The van der Waals surface area contributed by atoms with Crippen LogP contribution in [0.5, 0.6) is 5.75 Å². The second-order valence-electron chi connectivity index (χ2n) is 5.80. The van der Waals surface area contributed by atoms with E-state index in [1.54, 1.807) is 24.4 Å². The first-order chi connectivity index (χ1) is 11.3. The number of carbonyl (C=O) groups excluding carboxylic acids is 1. The number of hydrogen-bond acceptors (Lipinski definition) is 5. The zero-order chi connectivity index (χ0) is 17.7. The van der Waals surface area contributed by atoms with Gasteiger partial charge in [-0.25, -0.2) is 4.39 Å². The molecular formula is C17H19FN2O4. The highest BCUT2D eigenvalue weighted by Gasteiger charge is 2.31. The van der Waals surface area contributed by atoms with Gasteiger partial charge in [-0.05, 0) is 38.1 Å². The van der Waals surface area contributed by atoms with Crippen LogP contribution >= 0.6 is 0 Å². The van der Waals surface area contributed by atoms with Crippen LogP contribution in [-0.2, 0) is 11.4 Å². The largest absolute Gasteiger partial charge is 0.484 e. The number of aromatic nitrogens is 1. The third kappa shape index (κ3) is 4.74. The summed E-state index contributed by atoms with van der Waals surface area (Å²) < 4.78 is 19.4. The third-order valence-corrected chi connectivity index (χ3v) is 3.22. The Hall–Kier alpha value is -2.51. The lowest BCUT2D eigenvalue weighted by Gasteiger charge is -2.23. The Morgan fingerprint density at radius 2 is 2.12 bits per heavy atom. The Morgan fingerprint density at radius 1 is 1.38 bits per heavy atom. The molecule has 1 heterocycles. The first-order valence-electron chi connectivity index (χ1n) is 7.31. The van der Waals surface area contributed by atoms with Crippen molar-refractivity contribution in [1.29, 1.82) is 0 Å². The predicted molar refractivity (Wildman–Crippen MR) is 85.9 cm³/mol. The van der Waals surface area contributed by atoms with Gasteiger partial charge in [-0.3, -0.25) is 9.78 Å². The van der Waals surface area contributed by atoms with Crippen molar-refractivity contribution in [1.82, 2.24) is 4.98 Å². The molecule has 0 aliphatic carbocycles. The molecule has 0 radical (unpaired) electrons. The topological polar surface area (TPSA) is 91.7 Å².